The summed E-state index contributed by atoms with van der Waals surface area (Å²) in [7, 11) is 0. The zero-order chi connectivity index (χ0) is 17.1. The lowest BCUT2D eigenvalue weighted by atomic mass is 10.0. The van der Waals surface area contributed by atoms with E-state index in [4.69, 9.17) is 9.84 Å². The van der Waals surface area contributed by atoms with Crippen LogP contribution >= 0.6 is 0 Å². The van der Waals surface area contributed by atoms with Crippen molar-refractivity contribution in [3.05, 3.63) is 64.7 Å². The van der Waals surface area contributed by atoms with Crippen molar-refractivity contribution in [1.29, 1.82) is 0 Å². The van der Waals surface area contributed by atoms with Crippen LogP contribution in [0.3, 0.4) is 0 Å². The Morgan fingerprint density at radius 2 is 1.92 bits per heavy atom. The van der Waals surface area contributed by atoms with Gasteiger partial charge >= 0.3 is 12.1 Å². The summed E-state index contributed by atoms with van der Waals surface area (Å²) in [5.41, 5.74) is 1.60. The molecule has 1 aliphatic heterocycles. The smallest absolute Gasteiger partial charge is 0.411 e. The molecular formula is C17H14N2O5. The van der Waals surface area contributed by atoms with Crippen LogP contribution < -0.4 is 10.6 Å². The molecule has 0 radical (unpaired) electrons. The zero-order valence-corrected chi connectivity index (χ0v) is 12.5. The molecule has 0 saturated heterocycles. The van der Waals surface area contributed by atoms with Gasteiger partial charge in [0.2, 0.25) is 0 Å². The van der Waals surface area contributed by atoms with Crippen LogP contribution in [0.5, 0.6) is 0 Å². The minimum Gasteiger partial charge on any atom is -0.478 e. The maximum atomic E-state index is 11.9. The van der Waals surface area contributed by atoms with Gasteiger partial charge in [-0.15, -0.1) is 0 Å². The highest BCUT2D eigenvalue weighted by atomic mass is 16.5. The van der Waals surface area contributed by atoms with E-state index in [2.05, 4.69) is 10.6 Å². The van der Waals surface area contributed by atoms with Gasteiger partial charge in [0.1, 0.15) is 6.61 Å². The van der Waals surface area contributed by atoms with E-state index >= 15 is 0 Å². The highest BCUT2D eigenvalue weighted by Gasteiger charge is 2.28. The van der Waals surface area contributed by atoms with Crippen LogP contribution in [0, 0.1) is 0 Å². The molecule has 1 heterocycles. The number of benzene rings is 2. The molecule has 0 saturated carbocycles. The molecule has 1 aliphatic rings. The highest BCUT2D eigenvalue weighted by molar-refractivity contribution is 6.08. The molecule has 0 bridgehead atoms. The average Bonchev–Trinajstić information content (AvgIpc) is 2.96. The number of amides is 2. The van der Waals surface area contributed by atoms with Crippen LogP contribution in [-0.2, 0) is 17.9 Å². The summed E-state index contributed by atoms with van der Waals surface area (Å²) in [5, 5.41) is 14.2. The first kappa shape index (κ1) is 15.5. The van der Waals surface area contributed by atoms with Crippen molar-refractivity contribution in [2.45, 2.75) is 13.2 Å². The van der Waals surface area contributed by atoms with E-state index in [1.54, 1.807) is 0 Å². The second kappa shape index (κ2) is 6.41. The first-order chi connectivity index (χ1) is 11.6. The predicted octanol–water partition coefficient (Wildman–Crippen LogP) is 2.38. The summed E-state index contributed by atoms with van der Waals surface area (Å²) in [6.45, 7) is 0.207. The maximum absolute atomic E-state index is 11.9. The molecule has 0 aliphatic carbocycles. The van der Waals surface area contributed by atoms with Gasteiger partial charge in [0.15, 0.2) is 0 Å². The van der Waals surface area contributed by atoms with Crippen LogP contribution in [0.25, 0.3) is 0 Å². The molecule has 0 fully saturated rings. The lowest BCUT2D eigenvalue weighted by Gasteiger charge is -2.11. The van der Waals surface area contributed by atoms with E-state index < -0.39 is 18.0 Å². The molecule has 3 rings (SSSR count). The van der Waals surface area contributed by atoms with Gasteiger partial charge in [-0.2, -0.15) is 0 Å². The fourth-order valence-corrected chi connectivity index (χ4v) is 2.52. The number of ether oxygens (including phenoxy) is 1. The molecule has 122 valence electrons. The zero-order valence-electron chi connectivity index (χ0n) is 12.5. The summed E-state index contributed by atoms with van der Waals surface area (Å²) in [6.07, 6.45) is -0.719. The average molecular weight is 326 g/mol. The van der Waals surface area contributed by atoms with Gasteiger partial charge in [0.05, 0.1) is 16.8 Å². The standard InChI is InChI=1S/C17H14N2O5/c20-15-14-12(8-18-15)11(16(21)22)6-7-13(14)19-17(23)24-9-10-4-2-1-3-5-10/h1-7H,8-9H2,(H,18,20)(H,19,23)(H,21,22). The fraction of sp³-hybridized carbons (Fsp3) is 0.118. The number of rotatable bonds is 4. The monoisotopic (exact) mass is 326 g/mol. The minimum absolute atomic E-state index is 0.0338. The molecule has 0 spiro atoms. The van der Waals surface area contributed by atoms with Crippen molar-refractivity contribution in [3.63, 3.8) is 0 Å². The van der Waals surface area contributed by atoms with Crippen LogP contribution in [0.15, 0.2) is 42.5 Å². The Morgan fingerprint density at radius 3 is 2.62 bits per heavy atom. The van der Waals surface area contributed by atoms with Gasteiger partial charge < -0.3 is 15.2 Å². The Kier molecular flexibility index (Phi) is 4.15. The minimum atomic E-state index is -1.12. The van der Waals surface area contributed by atoms with E-state index in [9.17, 15) is 14.4 Å². The van der Waals surface area contributed by atoms with E-state index in [-0.39, 0.29) is 30.0 Å². The second-order valence-corrected chi connectivity index (χ2v) is 5.19. The Labute approximate surface area is 137 Å². The maximum Gasteiger partial charge on any atom is 0.411 e. The molecule has 7 heteroatoms. The summed E-state index contributed by atoms with van der Waals surface area (Å²) >= 11 is 0. The largest absolute Gasteiger partial charge is 0.478 e. The SMILES string of the molecule is O=C(Nc1ccc(C(=O)O)c2c1C(=O)NC2)OCc1ccccc1. The molecular weight excluding hydrogens is 312 g/mol. The topological polar surface area (TPSA) is 105 Å². The second-order valence-electron chi connectivity index (χ2n) is 5.19. The van der Waals surface area contributed by atoms with Gasteiger partial charge in [-0.05, 0) is 17.7 Å². The van der Waals surface area contributed by atoms with Crippen molar-refractivity contribution in [2.75, 3.05) is 5.32 Å². The number of carboxylic acid groups (broad SMARTS) is 1. The third-order valence-corrected chi connectivity index (χ3v) is 3.65. The third-order valence-electron chi connectivity index (χ3n) is 3.65. The van der Waals surface area contributed by atoms with Crippen LogP contribution in [0.1, 0.15) is 31.8 Å². The van der Waals surface area contributed by atoms with E-state index in [0.29, 0.717) is 5.56 Å². The molecule has 2 aromatic rings. The molecule has 2 aromatic carbocycles. The summed E-state index contributed by atoms with van der Waals surface area (Å²) in [4.78, 5) is 35.1. The molecule has 0 atom stereocenters. The van der Waals surface area contributed by atoms with Gasteiger partial charge in [0.25, 0.3) is 5.91 Å². The molecule has 0 aromatic heterocycles. The van der Waals surface area contributed by atoms with Crippen molar-refractivity contribution in [1.82, 2.24) is 5.32 Å². The summed E-state index contributed by atoms with van der Waals surface area (Å²) in [5.74, 6) is -1.55. The Hall–Kier alpha value is -3.35. The number of nitrogens with one attached hydrogen (secondary N) is 2. The Bertz CT molecular complexity index is 817. The molecule has 24 heavy (non-hydrogen) atoms. The number of carboxylic acids is 1. The molecule has 0 unspecified atom stereocenters. The molecule has 7 nitrogen and oxygen atoms in total. The Balaban J connectivity index is 1.76. The van der Waals surface area contributed by atoms with Crippen LogP contribution in [0.4, 0.5) is 10.5 Å². The van der Waals surface area contributed by atoms with E-state index in [1.807, 2.05) is 30.3 Å². The number of carbonyl (C=O) groups excluding carboxylic acids is 2. The van der Waals surface area contributed by atoms with Crippen LogP contribution in [-0.4, -0.2) is 23.1 Å². The Morgan fingerprint density at radius 1 is 1.17 bits per heavy atom. The summed E-state index contributed by atoms with van der Waals surface area (Å²) < 4.78 is 5.11. The predicted molar refractivity (Wildman–Crippen MR) is 84.8 cm³/mol. The molecule has 3 N–H and O–H groups in total. The van der Waals surface area contributed by atoms with Crippen molar-refractivity contribution in [2.24, 2.45) is 0 Å². The normalized spacial score (nSPS) is 12.2. The first-order valence-electron chi connectivity index (χ1n) is 7.21. The number of anilines is 1. The lowest BCUT2D eigenvalue weighted by molar-refractivity contribution is 0.0695. The third kappa shape index (κ3) is 3.05. The van der Waals surface area contributed by atoms with E-state index in [1.165, 1.54) is 12.1 Å². The summed E-state index contributed by atoms with van der Waals surface area (Å²) in [6, 6.07) is 11.9. The van der Waals surface area contributed by atoms with Crippen LogP contribution in [0.2, 0.25) is 0 Å². The van der Waals surface area contributed by atoms with Gasteiger partial charge in [-0.1, -0.05) is 30.3 Å². The van der Waals surface area contributed by atoms with Crippen molar-refractivity contribution in [3.8, 4) is 0 Å². The number of hydrogen-bond donors (Lipinski definition) is 3. The fourth-order valence-electron chi connectivity index (χ4n) is 2.52. The first-order valence-corrected chi connectivity index (χ1v) is 7.21. The number of hydrogen-bond acceptors (Lipinski definition) is 4. The van der Waals surface area contributed by atoms with Gasteiger partial charge in [-0.25, -0.2) is 9.59 Å². The lowest BCUT2D eigenvalue weighted by Crippen LogP contribution is -2.18. The highest BCUT2D eigenvalue weighted by Crippen LogP contribution is 2.28. The molecule has 2 amide bonds. The van der Waals surface area contributed by atoms with Crippen molar-refractivity contribution < 1.29 is 24.2 Å². The van der Waals surface area contributed by atoms with Gasteiger partial charge in [0, 0.05) is 12.1 Å². The number of fused-ring (bicyclic) bond motifs is 1. The van der Waals surface area contributed by atoms with Gasteiger partial charge in [-0.3, -0.25) is 10.1 Å². The van der Waals surface area contributed by atoms with Crippen molar-refractivity contribution >= 4 is 23.7 Å². The number of carbonyl (C=O) groups is 3. The van der Waals surface area contributed by atoms with E-state index in [0.717, 1.165) is 5.56 Å². The number of aromatic carboxylic acids is 1. The quantitative estimate of drug-likeness (QED) is 0.800.